The second kappa shape index (κ2) is 7.41. The van der Waals surface area contributed by atoms with Crippen LogP contribution in [0.5, 0.6) is 0 Å². The minimum atomic E-state index is 0.461. The zero-order valence-electron chi connectivity index (χ0n) is 14.1. The van der Waals surface area contributed by atoms with Gasteiger partial charge in [0.2, 0.25) is 5.89 Å². The molecule has 24 heavy (non-hydrogen) atoms. The van der Waals surface area contributed by atoms with E-state index in [1.165, 1.54) is 0 Å². The molecule has 0 radical (unpaired) electrons. The number of nitrogens with zero attached hydrogens (tertiary/aromatic N) is 6. The average Bonchev–Trinajstić information content (AvgIpc) is 2.86. The molecule has 0 saturated carbocycles. The first-order chi connectivity index (χ1) is 11.7. The molecular weight excluding hydrogens is 304 g/mol. The monoisotopic (exact) mass is 326 g/mol. The van der Waals surface area contributed by atoms with Crippen LogP contribution in [0, 0.1) is 18.3 Å². The predicted octanol–water partition coefficient (Wildman–Crippen LogP) is 2.14. The van der Waals surface area contributed by atoms with Crippen molar-refractivity contribution in [1.29, 1.82) is 5.26 Å². The maximum Gasteiger partial charge on any atom is 0.223 e. The van der Waals surface area contributed by atoms with Crippen LogP contribution in [0.3, 0.4) is 0 Å². The highest BCUT2D eigenvalue weighted by Crippen LogP contribution is 2.23. The minimum absolute atomic E-state index is 0.461. The number of aryl methyl sites for hydroxylation is 1. The van der Waals surface area contributed by atoms with E-state index >= 15 is 0 Å². The minimum Gasteiger partial charge on any atom is -0.355 e. The van der Waals surface area contributed by atoms with E-state index in [1.807, 2.05) is 12.1 Å². The molecule has 2 aromatic heterocycles. The fourth-order valence-electron chi connectivity index (χ4n) is 3.23. The summed E-state index contributed by atoms with van der Waals surface area (Å²) in [6.45, 7) is 4.32. The summed E-state index contributed by atoms with van der Waals surface area (Å²) in [4.78, 5) is 13.2. The van der Waals surface area contributed by atoms with Crippen molar-refractivity contribution in [3.8, 4) is 6.07 Å². The molecule has 1 fully saturated rings. The van der Waals surface area contributed by atoms with Crippen LogP contribution < -0.4 is 4.90 Å². The van der Waals surface area contributed by atoms with E-state index < -0.39 is 0 Å². The number of pyridine rings is 1. The number of hydrogen-bond donors (Lipinski definition) is 0. The lowest BCUT2D eigenvalue weighted by atomic mass is 10.1. The Morgan fingerprint density at radius 2 is 2.29 bits per heavy atom. The van der Waals surface area contributed by atoms with E-state index in [4.69, 9.17) is 4.52 Å². The second-order valence-corrected chi connectivity index (χ2v) is 6.20. The molecule has 2 aromatic rings. The first-order valence-corrected chi connectivity index (χ1v) is 8.27. The average molecular weight is 326 g/mol. The topological polar surface area (TPSA) is 82.1 Å². The van der Waals surface area contributed by atoms with Crippen LogP contribution in [0.15, 0.2) is 22.9 Å². The molecule has 1 aliphatic rings. The largest absolute Gasteiger partial charge is 0.355 e. The van der Waals surface area contributed by atoms with Gasteiger partial charge in [0.25, 0.3) is 0 Å². The number of aromatic nitrogens is 3. The summed E-state index contributed by atoms with van der Waals surface area (Å²) >= 11 is 0. The SMILES string of the molecule is Cc1nc(CN(C)[C@H]2CCCN(c3ncccc3C#N)CC2)no1. The normalized spacial score (nSPS) is 18.4. The molecule has 0 aromatic carbocycles. The molecule has 1 aliphatic heterocycles. The van der Waals surface area contributed by atoms with Gasteiger partial charge in [-0.3, -0.25) is 4.90 Å². The number of anilines is 1. The third-order valence-electron chi connectivity index (χ3n) is 4.49. The Hall–Kier alpha value is -2.46. The van der Waals surface area contributed by atoms with Gasteiger partial charge in [0.15, 0.2) is 5.82 Å². The molecule has 126 valence electrons. The molecule has 1 atom stereocenters. The van der Waals surface area contributed by atoms with E-state index in [0.29, 0.717) is 24.0 Å². The Kier molecular flexibility index (Phi) is 5.06. The number of hydrogen-bond acceptors (Lipinski definition) is 7. The van der Waals surface area contributed by atoms with Gasteiger partial charge >= 0.3 is 0 Å². The molecule has 7 heteroatoms. The standard InChI is InChI=1S/C17H22N6O/c1-13-20-16(21-24-13)12-22(2)15-6-4-9-23(10-7-15)17-14(11-18)5-3-8-19-17/h3,5,8,15H,4,6-7,9-10,12H2,1-2H3/t15-/m0/s1. The fraction of sp³-hybridized carbons (Fsp3) is 0.529. The van der Waals surface area contributed by atoms with Gasteiger partial charge in [-0.25, -0.2) is 4.98 Å². The highest BCUT2D eigenvalue weighted by molar-refractivity contribution is 5.53. The Morgan fingerprint density at radius 3 is 3.04 bits per heavy atom. The summed E-state index contributed by atoms with van der Waals surface area (Å²) in [6, 6.07) is 6.34. The molecule has 0 N–H and O–H groups in total. The van der Waals surface area contributed by atoms with Gasteiger partial charge in [0.1, 0.15) is 11.9 Å². The van der Waals surface area contributed by atoms with E-state index in [9.17, 15) is 5.26 Å². The quantitative estimate of drug-likeness (QED) is 0.851. The van der Waals surface area contributed by atoms with Crippen molar-refractivity contribution in [3.05, 3.63) is 35.6 Å². The second-order valence-electron chi connectivity index (χ2n) is 6.20. The Labute approximate surface area is 141 Å². The summed E-state index contributed by atoms with van der Waals surface area (Å²) in [5.74, 6) is 2.13. The molecule has 0 unspecified atom stereocenters. The summed E-state index contributed by atoms with van der Waals surface area (Å²) in [5.41, 5.74) is 0.645. The highest BCUT2D eigenvalue weighted by Gasteiger charge is 2.23. The van der Waals surface area contributed by atoms with E-state index in [1.54, 1.807) is 13.1 Å². The third kappa shape index (κ3) is 3.71. The van der Waals surface area contributed by atoms with Gasteiger partial charge in [-0.2, -0.15) is 10.2 Å². The lowest BCUT2D eigenvalue weighted by Crippen LogP contribution is -2.33. The first-order valence-electron chi connectivity index (χ1n) is 8.27. The smallest absolute Gasteiger partial charge is 0.223 e. The molecule has 3 heterocycles. The maximum atomic E-state index is 9.28. The molecule has 3 rings (SSSR count). The lowest BCUT2D eigenvalue weighted by molar-refractivity contribution is 0.209. The van der Waals surface area contributed by atoms with Crippen molar-refractivity contribution < 1.29 is 4.52 Å². The first kappa shape index (κ1) is 16.4. The van der Waals surface area contributed by atoms with Gasteiger partial charge in [0, 0.05) is 32.3 Å². The van der Waals surface area contributed by atoms with Crippen molar-refractivity contribution >= 4 is 5.82 Å². The van der Waals surface area contributed by atoms with Gasteiger partial charge in [-0.15, -0.1) is 0 Å². The molecule has 0 bridgehead atoms. The molecular formula is C17H22N6O. The Balaban J connectivity index is 1.63. The van der Waals surface area contributed by atoms with Gasteiger partial charge < -0.3 is 9.42 Å². The zero-order valence-corrected chi connectivity index (χ0v) is 14.1. The lowest BCUT2D eigenvalue weighted by Gasteiger charge is -2.26. The van der Waals surface area contributed by atoms with Crippen molar-refractivity contribution in [3.63, 3.8) is 0 Å². The van der Waals surface area contributed by atoms with Crippen molar-refractivity contribution in [1.82, 2.24) is 20.0 Å². The van der Waals surface area contributed by atoms with Crippen molar-refractivity contribution in [2.75, 3.05) is 25.0 Å². The van der Waals surface area contributed by atoms with Gasteiger partial charge in [-0.1, -0.05) is 5.16 Å². The van der Waals surface area contributed by atoms with Gasteiger partial charge in [-0.05, 0) is 38.4 Å². The summed E-state index contributed by atoms with van der Waals surface area (Å²) in [7, 11) is 2.10. The fourth-order valence-corrected chi connectivity index (χ4v) is 3.23. The highest BCUT2D eigenvalue weighted by atomic mass is 16.5. The van der Waals surface area contributed by atoms with E-state index in [-0.39, 0.29) is 0 Å². The summed E-state index contributed by atoms with van der Waals surface area (Å²) in [5, 5.41) is 13.3. The third-order valence-corrected chi connectivity index (χ3v) is 4.49. The Morgan fingerprint density at radius 1 is 1.42 bits per heavy atom. The molecule has 1 saturated heterocycles. The molecule has 0 spiro atoms. The van der Waals surface area contributed by atoms with Crippen LogP contribution in [0.1, 0.15) is 36.5 Å². The van der Waals surface area contributed by atoms with Gasteiger partial charge in [0.05, 0.1) is 12.1 Å². The van der Waals surface area contributed by atoms with Crippen molar-refractivity contribution in [2.24, 2.45) is 0 Å². The summed E-state index contributed by atoms with van der Waals surface area (Å²) in [6.07, 6.45) is 4.96. The zero-order chi connectivity index (χ0) is 16.9. The van der Waals surface area contributed by atoms with Crippen LogP contribution in [0.4, 0.5) is 5.82 Å². The predicted molar refractivity (Wildman–Crippen MR) is 89.3 cm³/mol. The number of nitriles is 1. The van der Waals surface area contributed by atoms with Crippen LogP contribution in [-0.2, 0) is 6.54 Å². The maximum absolute atomic E-state index is 9.28. The Bertz CT molecular complexity index is 722. The van der Waals surface area contributed by atoms with Crippen LogP contribution >= 0.6 is 0 Å². The molecule has 7 nitrogen and oxygen atoms in total. The summed E-state index contributed by atoms with van der Waals surface area (Å²) < 4.78 is 5.04. The van der Waals surface area contributed by atoms with Crippen LogP contribution in [0.25, 0.3) is 0 Å². The van der Waals surface area contributed by atoms with Crippen LogP contribution in [0.2, 0.25) is 0 Å². The van der Waals surface area contributed by atoms with E-state index in [0.717, 1.165) is 44.0 Å². The molecule has 0 aliphatic carbocycles. The molecule has 0 amide bonds. The van der Waals surface area contributed by atoms with Crippen molar-refractivity contribution in [2.45, 2.75) is 38.8 Å². The van der Waals surface area contributed by atoms with E-state index in [2.05, 4.69) is 38.0 Å². The number of rotatable bonds is 4. The van der Waals surface area contributed by atoms with Crippen LogP contribution in [-0.4, -0.2) is 46.2 Å².